The molecule has 0 aliphatic rings. The first-order valence-electron chi connectivity index (χ1n) is 5.60. The van der Waals surface area contributed by atoms with Crippen LogP contribution in [0.1, 0.15) is 16.7 Å². The van der Waals surface area contributed by atoms with Crippen LogP contribution in [0.4, 0.5) is 0 Å². The maximum absolute atomic E-state index is 8.69. The Balaban J connectivity index is 2.42. The van der Waals surface area contributed by atoms with E-state index in [9.17, 15) is 0 Å². The molecule has 2 heteroatoms. The van der Waals surface area contributed by atoms with Crippen molar-refractivity contribution < 1.29 is 0 Å². The average molecular weight is 222 g/mol. The van der Waals surface area contributed by atoms with Gasteiger partial charge < -0.3 is 0 Å². The number of rotatable bonds is 2. The van der Waals surface area contributed by atoms with Gasteiger partial charge in [0.2, 0.25) is 0 Å². The van der Waals surface area contributed by atoms with Gasteiger partial charge in [-0.05, 0) is 48.7 Å². The molecule has 0 fully saturated rings. The SMILES string of the molecule is Cc1ccc(-c2cc(CC#N)ccn2)cc1C. The molecule has 1 aromatic carbocycles. The van der Waals surface area contributed by atoms with Crippen LogP contribution in [0.5, 0.6) is 0 Å². The van der Waals surface area contributed by atoms with Gasteiger partial charge >= 0.3 is 0 Å². The number of pyridine rings is 1. The summed E-state index contributed by atoms with van der Waals surface area (Å²) in [4.78, 5) is 4.35. The van der Waals surface area contributed by atoms with Crippen LogP contribution in [-0.4, -0.2) is 4.98 Å². The molecule has 1 aromatic heterocycles. The van der Waals surface area contributed by atoms with Gasteiger partial charge in [0, 0.05) is 11.8 Å². The highest BCUT2D eigenvalue weighted by Crippen LogP contribution is 2.21. The van der Waals surface area contributed by atoms with Gasteiger partial charge in [-0.15, -0.1) is 0 Å². The summed E-state index contributed by atoms with van der Waals surface area (Å²) >= 11 is 0. The normalized spacial score (nSPS) is 9.94. The first-order chi connectivity index (χ1) is 8.20. The Morgan fingerprint density at radius 1 is 1.12 bits per heavy atom. The van der Waals surface area contributed by atoms with Crippen LogP contribution < -0.4 is 0 Å². The molecular weight excluding hydrogens is 208 g/mol. The predicted molar refractivity (Wildman–Crippen MR) is 68.5 cm³/mol. The van der Waals surface area contributed by atoms with E-state index in [-0.39, 0.29) is 0 Å². The first kappa shape index (κ1) is 11.3. The Morgan fingerprint density at radius 3 is 2.65 bits per heavy atom. The molecule has 2 aromatic rings. The number of aryl methyl sites for hydroxylation is 2. The zero-order valence-corrected chi connectivity index (χ0v) is 10.1. The van der Waals surface area contributed by atoms with E-state index in [1.807, 2.05) is 12.1 Å². The smallest absolute Gasteiger partial charge is 0.0705 e. The second-order valence-electron chi connectivity index (χ2n) is 4.18. The second-order valence-corrected chi connectivity index (χ2v) is 4.18. The lowest BCUT2D eigenvalue weighted by atomic mass is 10.0. The molecule has 0 radical (unpaired) electrons. The zero-order chi connectivity index (χ0) is 12.3. The van der Waals surface area contributed by atoms with E-state index in [1.165, 1.54) is 11.1 Å². The standard InChI is InChI=1S/C15H14N2/c1-11-3-4-14(9-12(11)2)15-10-13(5-7-16)6-8-17-15/h3-4,6,8-10H,5H2,1-2H3. The monoisotopic (exact) mass is 222 g/mol. The third-order valence-electron chi connectivity index (χ3n) is 2.91. The third kappa shape index (κ3) is 2.51. The van der Waals surface area contributed by atoms with E-state index in [2.05, 4.69) is 43.1 Å². The maximum atomic E-state index is 8.69. The third-order valence-corrected chi connectivity index (χ3v) is 2.91. The van der Waals surface area contributed by atoms with Crippen LogP contribution in [0.15, 0.2) is 36.5 Å². The summed E-state index contributed by atoms with van der Waals surface area (Å²) in [6.45, 7) is 4.19. The molecule has 17 heavy (non-hydrogen) atoms. The zero-order valence-electron chi connectivity index (χ0n) is 10.1. The highest BCUT2D eigenvalue weighted by molar-refractivity contribution is 5.61. The molecule has 0 saturated heterocycles. The summed E-state index contributed by atoms with van der Waals surface area (Å²) in [5, 5.41) is 8.69. The van der Waals surface area contributed by atoms with Crippen molar-refractivity contribution in [2.75, 3.05) is 0 Å². The fourth-order valence-electron chi connectivity index (χ4n) is 1.73. The molecule has 1 heterocycles. The van der Waals surface area contributed by atoms with Crippen molar-refractivity contribution in [1.82, 2.24) is 4.98 Å². The first-order valence-corrected chi connectivity index (χ1v) is 5.60. The van der Waals surface area contributed by atoms with Crippen molar-refractivity contribution in [3.05, 3.63) is 53.2 Å². The topological polar surface area (TPSA) is 36.7 Å². The van der Waals surface area contributed by atoms with E-state index >= 15 is 0 Å². The molecule has 0 N–H and O–H groups in total. The molecule has 0 aliphatic heterocycles. The Morgan fingerprint density at radius 2 is 1.94 bits per heavy atom. The highest BCUT2D eigenvalue weighted by atomic mass is 14.7. The van der Waals surface area contributed by atoms with Gasteiger partial charge in [-0.25, -0.2) is 0 Å². The van der Waals surface area contributed by atoms with Crippen LogP contribution in [0.25, 0.3) is 11.3 Å². The minimum atomic E-state index is 0.431. The van der Waals surface area contributed by atoms with Crippen molar-refractivity contribution in [3.63, 3.8) is 0 Å². The van der Waals surface area contributed by atoms with Gasteiger partial charge in [-0.1, -0.05) is 12.1 Å². The lowest BCUT2D eigenvalue weighted by Gasteiger charge is -2.05. The molecule has 0 aliphatic carbocycles. The van der Waals surface area contributed by atoms with Crippen molar-refractivity contribution >= 4 is 0 Å². The Kier molecular flexibility index (Phi) is 3.20. The van der Waals surface area contributed by atoms with E-state index in [0.717, 1.165) is 16.8 Å². The number of nitriles is 1. The lowest BCUT2D eigenvalue weighted by molar-refractivity contribution is 1.21. The fraction of sp³-hybridized carbons (Fsp3) is 0.200. The Bertz CT molecular complexity index is 580. The molecular formula is C15H14N2. The van der Waals surface area contributed by atoms with Gasteiger partial charge in [0.05, 0.1) is 18.2 Å². The van der Waals surface area contributed by atoms with Gasteiger partial charge in [0.25, 0.3) is 0 Å². The molecule has 0 unspecified atom stereocenters. The van der Waals surface area contributed by atoms with Gasteiger partial charge in [-0.3, -0.25) is 4.98 Å². The predicted octanol–water partition coefficient (Wildman–Crippen LogP) is 3.43. The minimum Gasteiger partial charge on any atom is -0.256 e. The van der Waals surface area contributed by atoms with Crippen LogP contribution in [-0.2, 0) is 6.42 Å². The quantitative estimate of drug-likeness (QED) is 0.780. The Labute approximate surface area is 102 Å². The van der Waals surface area contributed by atoms with Crippen molar-refractivity contribution in [3.8, 4) is 17.3 Å². The van der Waals surface area contributed by atoms with Gasteiger partial charge in [0.15, 0.2) is 0 Å². The van der Waals surface area contributed by atoms with Gasteiger partial charge in [0.1, 0.15) is 0 Å². The van der Waals surface area contributed by atoms with E-state index in [4.69, 9.17) is 5.26 Å². The van der Waals surface area contributed by atoms with Crippen LogP contribution >= 0.6 is 0 Å². The summed E-state index contributed by atoms with van der Waals surface area (Å²) < 4.78 is 0. The molecule has 0 saturated carbocycles. The summed E-state index contributed by atoms with van der Waals surface area (Å²) in [6, 6.07) is 12.3. The molecule has 0 atom stereocenters. The minimum absolute atomic E-state index is 0.431. The largest absolute Gasteiger partial charge is 0.256 e. The summed E-state index contributed by atoms with van der Waals surface area (Å²) in [5.74, 6) is 0. The summed E-state index contributed by atoms with van der Waals surface area (Å²) in [5.41, 5.74) is 5.58. The van der Waals surface area contributed by atoms with Crippen LogP contribution in [0, 0.1) is 25.2 Å². The number of aromatic nitrogens is 1. The molecule has 2 nitrogen and oxygen atoms in total. The molecule has 0 amide bonds. The fourth-order valence-corrected chi connectivity index (χ4v) is 1.73. The number of hydrogen-bond acceptors (Lipinski definition) is 2. The maximum Gasteiger partial charge on any atom is 0.0705 e. The van der Waals surface area contributed by atoms with Crippen LogP contribution in [0.3, 0.4) is 0 Å². The highest BCUT2D eigenvalue weighted by Gasteiger charge is 2.02. The van der Waals surface area contributed by atoms with E-state index < -0.39 is 0 Å². The van der Waals surface area contributed by atoms with Crippen molar-refractivity contribution in [2.45, 2.75) is 20.3 Å². The summed E-state index contributed by atoms with van der Waals surface area (Å²) in [7, 11) is 0. The van der Waals surface area contributed by atoms with Crippen LogP contribution in [0.2, 0.25) is 0 Å². The number of benzene rings is 1. The molecule has 2 rings (SSSR count). The van der Waals surface area contributed by atoms with Crippen molar-refractivity contribution in [2.24, 2.45) is 0 Å². The average Bonchev–Trinajstić information content (AvgIpc) is 2.33. The Hall–Kier alpha value is -2.14. The molecule has 0 bridgehead atoms. The second kappa shape index (κ2) is 4.80. The van der Waals surface area contributed by atoms with E-state index in [0.29, 0.717) is 6.42 Å². The van der Waals surface area contributed by atoms with E-state index in [1.54, 1.807) is 6.20 Å². The van der Waals surface area contributed by atoms with Crippen molar-refractivity contribution in [1.29, 1.82) is 5.26 Å². The number of nitrogens with zero attached hydrogens (tertiary/aromatic N) is 2. The number of hydrogen-bond donors (Lipinski definition) is 0. The summed E-state index contributed by atoms with van der Waals surface area (Å²) in [6.07, 6.45) is 2.19. The van der Waals surface area contributed by atoms with Gasteiger partial charge in [-0.2, -0.15) is 5.26 Å². The lowest BCUT2D eigenvalue weighted by Crippen LogP contribution is -1.89. The molecule has 84 valence electrons. The molecule has 0 spiro atoms.